The Morgan fingerprint density at radius 1 is 1.32 bits per heavy atom. The van der Waals surface area contributed by atoms with Crippen LogP contribution in [0.5, 0.6) is 0 Å². The molecule has 1 heterocycles. The maximum Gasteiger partial charge on any atom is 0.335 e. The van der Waals surface area contributed by atoms with Crippen LogP contribution in [-0.2, 0) is 0 Å². The number of nitrogens with one attached hydrogen (secondary N) is 2. The Morgan fingerprint density at radius 3 is 2.58 bits per heavy atom. The monoisotopic (exact) mass is 342 g/mol. The average molecular weight is 344 g/mol. The van der Waals surface area contributed by atoms with E-state index in [4.69, 9.17) is 16.7 Å². The van der Waals surface area contributed by atoms with Crippen LogP contribution >= 0.6 is 27.5 Å². The maximum atomic E-state index is 11.9. The molecule has 3 N–H and O–H groups in total. The van der Waals surface area contributed by atoms with Crippen LogP contribution in [0.25, 0.3) is 0 Å². The molecular formula is C12H8BrClN2O3. The van der Waals surface area contributed by atoms with E-state index in [1.54, 1.807) is 0 Å². The predicted octanol–water partition coefficient (Wildman–Crippen LogP) is 3.38. The van der Waals surface area contributed by atoms with Crippen LogP contribution in [0.4, 0.5) is 5.69 Å². The lowest BCUT2D eigenvalue weighted by Crippen LogP contribution is -2.12. The maximum absolute atomic E-state index is 11.9. The van der Waals surface area contributed by atoms with E-state index in [1.165, 1.54) is 30.5 Å². The van der Waals surface area contributed by atoms with Gasteiger partial charge in [-0.05, 0) is 40.2 Å². The normalized spacial score (nSPS) is 10.2. The number of carbonyl (C=O) groups excluding carboxylic acids is 1. The Morgan fingerprint density at radius 2 is 2.05 bits per heavy atom. The molecule has 0 fully saturated rings. The van der Waals surface area contributed by atoms with E-state index in [2.05, 4.69) is 26.2 Å². The molecule has 0 saturated carbocycles. The summed E-state index contributed by atoms with van der Waals surface area (Å²) in [4.78, 5) is 25.4. The minimum Gasteiger partial charge on any atom is -0.478 e. The molecule has 1 aromatic carbocycles. The molecule has 0 aliphatic rings. The Hall–Kier alpha value is -1.79. The Bertz CT molecular complexity index is 654. The molecule has 1 aromatic heterocycles. The highest BCUT2D eigenvalue weighted by Crippen LogP contribution is 2.24. The third kappa shape index (κ3) is 3.15. The molecule has 0 unspecified atom stereocenters. The average Bonchev–Trinajstić information content (AvgIpc) is 2.78. The van der Waals surface area contributed by atoms with Crippen molar-refractivity contribution in [1.29, 1.82) is 0 Å². The van der Waals surface area contributed by atoms with E-state index in [0.29, 0.717) is 20.9 Å². The van der Waals surface area contributed by atoms with Gasteiger partial charge < -0.3 is 15.4 Å². The summed E-state index contributed by atoms with van der Waals surface area (Å²) in [5.74, 6) is -1.40. The number of hydrogen-bond donors (Lipinski definition) is 3. The van der Waals surface area contributed by atoms with Gasteiger partial charge in [-0.1, -0.05) is 11.6 Å². The van der Waals surface area contributed by atoms with Gasteiger partial charge in [0.2, 0.25) is 0 Å². The third-order valence-corrected chi connectivity index (χ3v) is 3.23. The molecule has 0 aliphatic heterocycles. The smallest absolute Gasteiger partial charge is 0.335 e. The molecule has 1 amide bonds. The van der Waals surface area contributed by atoms with Crippen LogP contribution in [0, 0.1) is 0 Å². The number of aromatic amines is 1. The van der Waals surface area contributed by atoms with Crippen molar-refractivity contribution in [3.05, 3.63) is 51.2 Å². The lowest BCUT2D eigenvalue weighted by atomic mass is 10.2. The van der Waals surface area contributed by atoms with Gasteiger partial charge in [-0.15, -0.1) is 0 Å². The zero-order valence-electron chi connectivity index (χ0n) is 9.41. The van der Waals surface area contributed by atoms with Crippen LogP contribution in [0.3, 0.4) is 0 Å². The summed E-state index contributed by atoms with van der Waals surface area (Å²) in [6, 6.07) is 5.83. The molecular weight excluding hydrogens is 336 g/mol. The summed E-state index contributed by atoms with van der Waals surface area (Å²) < 4.78 is 0.485. The summed E-state index contributed by atoms with van der Waals surface area (Å²) in [5, 5.41) is 11.9. The number of anilines is 1. The Balaban J connectivity index is 2.20. The van der Waals surface area contributed by atoms with E-state index in [0.717, 1.165) is 0 Å². The second-order valence-electron chi connectivity index (χ2n) is 3.69. The van der Waals surface area contributed by atoms with Crippen molar-refractivity contribution in [1.82, 2.24) is 4.98 Å². The van der Waals surface area contributed by atoms with Gasteiger partial charge in [0, 0.05) is 10.7 Å². The minimum atomic E-state index is -1.03. The molecule has 0 aliphatic carbocycles. The van der Waals surface area contributed by atoms with Gasteiger partial charge in [-0.2, -0.15) is 0 Å². The van der Waals surface area contributed by atoms with Crippen molar-refractivity contribution in [3.63, 3.8) is 0 Å². The summed E-state index contributed by atoms with van der Waals surface area (Å²) in [7, 11) is 0. The zero-order valence-corrected chi connectivity index (χ0v) is 11.7. The van der Waals surface area contributed by atoms with Crippen molar-refractivity contribution in [2.45, 2.75) is 0 Å². The molecule has 0 spiro atoms. The van der Waals surface area contributed by atoms with Gasteiger partial charge >= 0.3 is 5.97 Å². The van der Waals surface area contributed by atoms with E-state index in [9.17, 15) is 9.59 Å². The number of carboxylic acid groups (broad SMARTS) is 1. The lowest BCUT2D eigenvalue weighted by Gasteiger charge is -2.07. The number of aromatic carboxylic acids is 1. The number of H-pyrrole nitrogens is 1. The highest BCUT2D eigenvalue weighted by molar-refractivity contribution is 9.10. The predicted molar refractivity (Wildman–Crippen MR) is 74.9 cm³/mol. The van der Waals surface area contributed by atoms with Gasteiger partial charge in [-0.3, -0.25) is 4.79 Å². The first-order valence-electron chi connectivity index (χ1n) is 5.15. The number of carboxylic acids is 1. The number of carbonyl (C=O) groups is 2. The molecule has 7 heteroatoms. The number of amides is 1. The molecule has 0 bridgehead atoms. The van der Waals surface area contributed by atoms with Gasteiger partial charge in [0.1, 0.15) is 5.69 Å². The number of hydrogen-bond acceptors (Lipinski definition) is 2. The van der Waals surface area contributed by atoms with Crippen LogP contribution in [-0.4, -0.2) is 22.0 Å². The third-order valence-electron chi connectivity index (χ3n) is 2.36. The van der Waals surface area contributed by atoms with Crippen LogP contribution in [0.15, 0.2) is 34.9 Å². The van der Waals surface area contributed by atoms with Gasteiger partial charge in [0.25, 0.3) is 5.91 Å². The first-order chi connectivity index (χ1) is 8.97. The minimum absolute atomic E-state index is 0.132. The highest BCUT2D eigenvalue weighted by atomic mass is 79.9. The topological polar surface area (TPSA) is 82.2 Å². The van der Waals surface area contributed by atoms with Crippen molar-refractivity contribution in [2.75, 3.05) is 5.32 Å². The fourth-order valence-electron chi connectivity index (χ4n) is 1.44. The standard InChI is InChI=1S/C12H8BrClN2O3/c13-8-3-6(12(18)19)1-2-9(8)16-11(17)10-4-7(14)5-15-10/h1-5,15H,(H,16,17)(H,18,19). The van der Waals surface area contributed by atoms with Crippen LogP contribution in [0.2, 0.25) is 5.02 Å². The number of benzene rings is 1. The second kappa shape index (κ2) is 5.46. The number of aromatic nitrogens is 1. The lowest BCUT2D eigenvalue weighted by molar-refractivity contribution is 0.0696. The van der Waals surface area contributed by atoms with Gasteiger partial charge in [0.15, 0.2) is 0 Å². The zero-order chi connectivity index (χ0) is 14.0. The largest absolute Gasteiger partial charge is 0.478 e. The van der Waals surface area contributed by atoms with Crippen LogP contribution < -0.4 is 5.32 Å². The molecule has 0 atom stereocenters. The van der Waals surface area contributed by atoms with E-state index in [1.807, 2.05) is 0 Å². The first-order valence-corrected chi connectivity index (χ1v) is 6.32. The molecule has 19 heavy (non-hydrogen) atoms. The van der Waals surface area contributed by atoms with E-state index in [-0.39, 0.29) is 11.5 Å². The van der Waals surface area contributed by atoms with Crippen molar-refractivity contribution in [2.24, 2.45) is 0 Å². The highest BCUT2D eigenvalue weighted by Gasteiger charge is 2.12. The van der Waals surface area contributed by atoms with Gasteiger partial charge in [-0.25, -0.2) is 4.79 Å². The van der Waals surface area contributed by atoms with Crippen molar-refractivity contribution >= 4 is 45.1 Å². The Kier molecular flexibility index (Phi) is 3.92. The van der Waals surface area contributed by atoms with E-state index < -0.39 is 5.97 Å². The van der Waals surface area contributed by atoms with Gasteiger partial charge in [0.05, 0.1) is 16.3 Å². The van der Waals surface area contributed by atoms with Crippen LogP contribution in [0.1, 0.15) is 20.8 Å². The first kappa shape index (κ1) is 13.6. The molecule has 0 radical (unpaired) electrons. The molecule has 2 aromatic rings. The fourth-order valence-corrected chi connectivity index (χ4v) is 2.08. The number of halogens is 2. The van der Waals surface area contributed by atoms with Crippen molar-refractivity contribution in [3.8, 4) is 0 Å². The summed E-state index contributed by atoms with van der Waals surface area (Å²) >= 11 is 8.92. The summed E-state index contributed by atoms with van der Waals surface area (Å²) in [6.45, 7) is 0. The Labute approximate surface area is 121 Å². The molecule has 2 rings (SSSR count). The SMILES string of the molecule is O=C(O)c1ccc(NC(=O)c2cc(Cl)c[nH]2)c(Br)c1. The fraction of sp³-hybridized carbons (Fsp3) is 0. The molecule has 0 saturated heterocycles. The van der Waals surface area contributed by atoms with Crippen molar-refractivity contribution < 1.29 is 14.7 Å². The molecule has 5 nitrogen and oxygen atoms in total. The second-order valence-corrected chi connectivity index (χ2v) is 4.98. The quantitative estimate of drug-likeness (QED) is 0.799. The summed E-state index contributed by atoms with van der Waals surface area (Å²) in [6.07, 6.45) is 1.50. The number of rotatable bonds is 3. The molecule has 98 valence electrons. The van der Waals surface area contributed by atoms with E-state index >= 15 is 0 Å². The summed E-state index contributed by atoms with van der Waals surface area (Å²) in [5.41, 5.74) is 0.924.